The van der Waals surface area contributed by atoms with Gasteiger partial charge in [0.25, 0.3) is 0 Å². The summed E-state index contributed by atoms with van der Waals surface area (Å²) >= 11 is 0.935. The largest absolute Gasteiger partial charge is 0.476 e. The highest BCUT2D eigenvalue weighted by atomic mass is 32.1. The number of hydrogen-bond donors (Lipinski definition) is 2. The molecule has 0 spiro atoms. The molecule has 1 aromatic rings. The Morgan fingerprint density at radius 3 is 2.79 bits per heavy atom. The summed E-state index contributed by atoms with van der Waals surface area (Å²) in [6.45, 7) is 0. The van der Waals surface area contributed by atoms with Crippen LogP contribution in [0.25, 0.3) is 0 Å². The van der Waals surface area contributed by atoms with Gasteiger partial charge in [0.1, 0.15) is 0 Å². The number of aromatic carboxylic acids is 1. The molecule has 1 fully saturated rings. The molecule has 0 radical (unpaired) electrons. The number of nitrogens with one attached hydrogen (secondary N) is 1. The van der Waals surface area contributed by atoms with Crippen molar-refractivity contribution in [3.8, 4) is 0 Å². The third-order valence-corrected chi connectivity index (χ3v) is 2.92. The fourth-order valence-corrected chi connectivity index (χ4v) is 2.19. The normalized spacial score (nSPS) is 17.1. The number of carbonyl (C=O) groups is 1. The zero-order valence-corrected chi connectivity index (χ0v) is 8.38. The van der Waals surface area contributed by atoms with Crippen molar-refractivity contribution < 1.29 is 9.90 Å². The minimum atomic E-state index is -1.01. The second-order valence-electron chi connectivity index (χ2n) is 3.39. The van der Waals surface area contributed by atoms with Gasteiger partial charge in [-0.3, -0.25) is 0 Å². The number of rotatable bonds is 3. The van der Waals surface area contributed by atoms with Crippen molar-refractivity contribution >= 4 is 23.5 Å². The molecule has 1 aliphatic rings. The molecular formula is C8H11N3O2S. The molecule has 6 heteroatoms. The van der Waals surface area contributed by atoms with Crippen LogP contribution < -0.4 is 5.32 Å². The van der Waals surface area contributed by atoms with Crippen molar-refractivity contribution in [1.82, 2.24) is 8.75 Å². The lowest BCUT2D eigenvalue weighted by Gasteiger charge is -2.10. The Labute approximate surface area is 85.5 Å². The first-order valence-electron chi connectivity index (χ1n) is 4.60. The first-order chi connectivity index (χ1) is 6.77. The molecule has 0 amide bonds. The Morgan fingerprint density at radius 1 is 1.43 bits per heavy atom. The van der Waals surface area contributed by atoms with E-state index in [0.717, 1.165) is 24.6 Å². The Kier molecular flexibility index (Phi) is 2.62. The van der Waals surface area contributed by atoms with Crippen molar-refractivity contribution in [1.29, 1.82) is 0 Å². The van der Waals surface area contributed by atoms with Crippen LogP contribution in [-0.4, -0.2) is 25.9 Å². The Balaban J connectivity index is 2.07. The third kappa shape index (κ3) is 1.84. The van der Waals surface area contributed by atoms with Crippen molar-refractivity contribution in [2.45, 2.75) is 31.7 Å². The second-order valence-corrected chi connectivity index (χ2v) is 3.92. The number of carboxylic acid groups (broad SMARTS) is 1. The van der Waals surface area contributed by atoms with Crippen LogP contribution in [0.15, 0.2) is 0 Å². The number of nitrogens with zero attached hydrogens (tertiary/aromatic N) is 2. The monoisotopic (exact) mass is 213 g/mol. The van der Waals surface area contributed by atoms with Gasteiger partial charge in [0.15, 0.2) is 5.82 Å². The van der Waals surface area contributed by atoms with E-state index in [-0.39, 0.29) is 5.69 Å². The SMILES string of the molecule is O=C(O)c1nsnc1NC1CCCC1. The van der Waals surface area contributed by atoms with Gasteiger partial charge in [0.05, 0.1) is 11.7 Å². The van der Waals surface area contributed by atoms with Gasteiger partial charge >= 0.3 is 5.97 Å². The molecule has 0 aliphatic heterocycles. The maximum atomic E-state index is 10.7. The average Bonchev–Trinajstić information content (AvgIpc) is 2.75. The molecule has 0 bridgehead atoms. The lowest BCUT2D eigenvalue weighted by Crippen LogP contribution is -2.17. The van der Waals surface area contributed by atoms with Crippen LogP contribution in [0.5, 0.6) is 0 Å². The van der Waals surface area contributed by atoms with Gasteiger partial charge < -0.3 is 10.4 Å². The van der Waals surface area contributed by atoms with Crippen LogP contribution in [0.3, 0.4) is 0 Å². The predicted octanol–water partition coefficient (Wildman–Crippen LogP) is 1.59. The van der Waals surface area contributed by atoms with Crippen molar-refractivity contribution in [3.63, 3.8) is 0 Å². The first kappa shape index (κ1) is 9.39. The van der Waals surface area contributed by atoms with Crippen LogP contribution in [-0.2, 0) is 0 Å². The van der Waals surface area contributed by atoms with Crippen LogP contribution in [0, 0.1) is 0 Å². The van der Waals surface area contributed by atoms with E-state index in [4.69, 9.17) is 5.11 Å². The topological polar surface area (TPSA) is 75.1 Å². The molecule has 5 nitrogen and oxygen atoms in total. The van der Waals surface area contributed by atoms with Gasteiger partial charge in [0, 0.05) is 6.04 Å². The van der Waals surface area contributed by atoms with Crippen molar-refractivity contribution in [2.75, 3.05) is 5.32 Å². The zero-order chi connectivity index (χ0) is 9.97. The van der Waals surface area contributed by atoms with Crippen LogP contribution >= 0.6 is 11.7 Å². The number of aromatic nitrogens is 2. The summed E-state index contributed by atoms with van der Waals surface area (Å²) in [4.78, 5) is 10.7. The van der Waals surface area contributed by atoms with E-state index in [9.17, 15) is 4.79 Å². The number of carboxylic acids is 1. The quantitative estimate of drug-likeness (QED) is 0.797. The van der Waals surface area contributed by atoms with Gasteiger partial charge in [-0.05, 0) is 12.8 Å². The van der Waals surface area contributed by atoms with Gasteiger partial charge in [-0.25, -0.2) is 4.79 Å². The van der Waals surface area contributed by atoms with Crippen molar-refractivity contribution in [3.05, 3.63) is 5.69 Å². The fraction of sp³-hybridized carbons (Fsp3) is 0.625. The summed E-state index contributed by atoms with van der Waals surface area (Å²) in [7, 11) is 0. The van der Waals surface area contributed by atoms with E-state index in [1.54, 1.807) is 0 Å². The summed E-state index contributed by atoms with van der Waals surface area (Å²) in [5, 5.41) is 11.9. The summed E-state index contributed by atoms with van der Waals surface area (Å²) in [6, 6.07) is 0.372. The highest BCUT2D eigenvalue weighted by Crippen LogP contribution is 2.23. The average molecular weight is 213 g/mol. The molecule has 0 saturated heterocycles. The molecular weight excluding hydrogens is 202 g/mol. The standard InChI is InChI=1S/C8H11N3O2S/c12-8(13)6-7(11-14-10-6)9-5-3-1-2-4-5/h5H,1-4H2,(H,9,11)(H,12,13). The smallest absolute Gasteiger partial charge is 0.359 e. The molecule has 1 aliphatic carbocycles. The maximum absolute atomic E-state index is 10.7. The predicted molar refractivity (Wildman–Crippen MR) is 52.7 cm³/mol. The van der Waals surface area contributed by atoms with E-state index in [2.05, 4.69) is 14.1 Å². The molecule has 1 saturated carbocycles. The molecule has 2 rings (SSSR count). The van der Waals surface area contributed by atoms with Gasteiger partial charge in [-0.1, -0.05) is 12.8 Å². The molecule has 1 heterocycles. The summed E-state index contributed by atoms with van der Waals surface area (Å²) in [5.41, 5.74) is 0.0434. The Morgan fingerprint density at radius 2 is 2.14 bits per heavy atom. The van der Waals surface area contributed by atoms with Crippen LogP contribution in [0.2, 0.25) is 0 Å². The third-order valence-electron chi connectivity index (χ3n) is 2.39. The summed E-state index contributed by atoms with van der Waals surface area (Å²) in [5.74, 6) is -0.589. The molecule has 1 aromatic heterocycles. The molecule has 2 N–H and O–H groups in total. The lowest BCUT2D eigenvalue weighted by molar-refractivity contribution is 0.0692. The van der Waals surface area contributed by atoms with E-state index in [1.165, 1.54) is 12.8 Å². The first-order valence-corrected chi connectivity index (χ1v) is 5.33. The number of anilines is 1. The molecule has 14 heavy (non-hydrogen) atoms. The Hall–Kier alpha value is -1.17. The lowest BCUT2D eigenvalue weighted by atomic mass is 10.2. The highest BCUT2D eigenvalue weighted by molar-refractivity contribution is 6.99. The van der Waals surface area contributed by atoms with E-state index in [1.807, 2.05) is 0 Å². The van der Waals surface area contributed by atoms with Gasteiger partial charge in [-0.15, -0.1) is 0 Å². The van der Waals surface area contributed by atoms with E-state index in [0.29, 0.717) is 11.9 Å². The number of hydrogen-bond acceptors (Lipinski definition) is 5. The second kappa shape index (κ2) is 3.91. The van der Waals surface area contributed by atoms with Crippen LogP contribution in [0.4, 0.5) is 5.82 Å². The molecule has 76 valence electrons. The van der Waals surface area contributed by atoms with Crippen molar-refractivity contribution in [2.24, 2.45) is 0 Å². The maximum Gasteiger partial charge on any atom is 0.359 e. The molecule has 0 atom stereocenters. The molecule has 0 aromatic carbocycles. The minimum absolute atomic E-state index is 0.0434. The fourth-order valence-electron chi connectivity index (χ4n) is 1.69. The molecule has 0 unspecified atom stereocenters. The Bertz CT molecular complexity index is 333. The van der Waals surface area contributed by atoms with Gasteiger partial charge in [-0.2, -0.15) is 8.75 Å². The van der Waals surface area contributed by atoms with E-state index >= 15 is 0 Å². The van der Waals surface area contributed by atoms with Crippen LogP contribution in [0.1, 0.15) is 36.2 Å². The summed E-state index contributed by atoms with van der Waals surface area (Å²) < 4.78 is 7.67. The summed E-state index contributed by atoms with van der Waals surface area (Å²) in [6.07, 6.45) is 4.60. The zero-order valence-electron chi connectivity index (χ0n) is 7.56. The van der Waals surface area contributed by atoms with Gasteiger partial charge in [0.2, 0.25) is 5.69 Å². The minimum Gasteiger partial charge on any atom is -0.476 e. The highest BCUT2D eigenvalue weighted by Gasteiger charge is 2.20. The van der Waals surface area contributed by atoms with E-state index < -0.39 is 5.97 Å².